The van der Waals surface area contributed by atoms with E-state index in [9.17, 15) is 14.0 Å². The standard InChI is InChI=1S/C23H28Cl2FN3O3/c1-15(32-16(2)22-19(24)7-8-20(26)23(22)25)6-4-5-11-27-18-9-12-29(13-10-18)21(31)14-28-17(3)30/h4,6-8,11,16,18H,1,5,9-10,12-14H2,2-3H3,(H,28,30)/b6-4+,27-11?. The number of halogens is 3. The molecule has 1 N–H and O–H groups in total. The fraction of sp³-hybridized carbons (Fsp3) is 0.435. The molecule has 6 nitrogen and oxygen atoms in total. The molecule has 0 spiro atoms. The van der Waals surface area contributed by atoms with Crippen LogP contribution in [0.1, 0.15) is 44.8 Å². The Hall–Kier alpha value is -2.38. The summed E-state index contributed by atoms with van der Waals surface area (Å²) in [5, 5.41) is 2.80. The molecule has 32 heavy (non-hydrogen) atoms. The predicted molar refractivity (Wildman–Crippen MR) is 126 cm³/mol. The number of benzene rings is 1. The number of nitrogens with one attached hydrogen (secondary N) is 1. The smallest absolute Gasteiger partial charge is 0.241 e. The zero-order chi connectivity index (χ0) is 23.7. The molecule has 1 unspecified atom stereocenters. The Kier molecular flexibility index (Phi) is 10.2. The number of carbonyl (C=O) groups excluding carboxylic acids is 2. The van der Waals surface area contributed by atoms with Crippen LogP contribution in [0, 0.1) is 5.82 Å². The molecule has 1 aromatic carbocycles. The average Bonchev–Trinajstić information content (AvgIpc) is 2.75. The molecule has 1 atom stereocenters. The maximum Gasteiger partial charge on any atom is 0.241 e. The monoisotopic (exact) mass is 483 g/mol. The summed E-state index contributed by atoms with van der Waals surface area (Å²) in [6.45, 7) is 8.25. The number of aliphatic imine (C=N–C) groups is 1. The van der Waals surface area contributed by atoms with Crippen molar-refractivity contribution >= 4 is 41.2 Å². The topological polar surface area (TPSA) is 71.0 Å². The third-order valence-corrected chi connectivity index (χ3v) is 5.70. The highest BCUT2D eigenvalue weighted by molar-refractivity contribution is 6.36. The van der Waals surface area contributed by atoms with E-state index in [4.69, 9.17) is 27.9 Å². The molecule has 1 aromatic rings. The van der Waals surface area contributed by atoms with E-state index in [1.165, 1.54) is 19.1 Å². The highest BCUT2D eigenvalue weighted by Crippen LogP contribution is 2.35. The minimum absolute atomic E-state index is 0.0380. The minimum atomic E-state index is -0.560. The molecule has 0 saturated carbocycles. The van der Waals surface area contributed by atoms with Gasteiger partial charge < -0.3 is 15.0 Å². The van der Waals surface area contributed by atoms with Crippen molar-refractivity contribution in [2.24, 2.45) is 4.99 Å². The van der Waals surface area contributed by atoms with Crippen LogP contribution in [0.2, 0.25) is 10.0 Å². The molecule has 0 aliphatic carbocycles. The zero-order valence-corrected chi connectivity index (χ0v) is 19.8. The Balaban J connectivity index is 1.73. The number of hydrogen-bond donors (Lipinski definition) is 1. The van der Waals surface area contributed by atoms with Crippen LogP contribution in [-0.4, -0.2) is 48.6 Å². The van der Waals surface area contributed by atoms with Gasteiger partial charge in [-0.15, -0.1) is 0 Å². The van der Waals surface area contributed by atoms with Gasteiger partial charge in [-0.05, 0) is 38.0 Å². The Bertz CT molecular complexity index is 897. The van der Waals surface area contributed by atoms with Gasteiger partial charge in [0.25, 0.3) is 0 Å². The first-order chi connectivity index (χ1) is 15.2. The predicted octanol–water partition coefficient (Wildman–Crippen LogP) is 4.87. The van der Waals surface area contributed by atoms with E-state index in [1.807, 2.05) is 12.3 Å². The molecule has 1 aliphatic heterocycles. The molecule has 0 bridgehead atoms. The van der Waals surface area contributed by atoms with Crippen molar-refractivity contribution in [1.29, 1.82) is 0 Å². The van der Waals surface area contributed by atoms with E-state index in [2.05, 4.69) is 16.9 Å². The second kappa shape index (κ2) is 12.6. The molecule has 0 aromatic heterocycles. The average molecular weight is 484 g/mol. The van der Waals surface area contributed by atoms with Gasteiger partial charge in [-0.3, -0.25) is 14.6 Å². The Morgan fingerprint density at radius 2 is 2.06 bits per heavy atom. The normalized spacial score (nSPS) is 15.8. The van der Waals surface area contributed by atoms with Crippen LogP contribution in [0.3, 0.4) is 0 Å². The maximum atomic E-state index is 13.7. The van der Waals surface area contributed by atoms with E-state index in [1.54, 1.807) is 17.9 Å². The van der Waals surface area contributed by atoms with Crippen LogP contribution < -0.4 is 5.32 Å². The molecule has 1 heterocycles. The summed E-state index contributed by atoms with van der Waals surface area (Å²) in [6.07, 6.45) is 7.01. The quantitative estimate of drug-likeness (QED) is 0.235. The van der Waals surface area contributed by atoms with Gasteiger partial charge >= 0.3 is 0 Å². The van der Waals surface area contributed by atoms with Crippen LogP contribution in [0.25, 0.3) is 0 Å². The molecule has 2 amide bonds. The maximum absolute atomic E-state index is 13.7. The van der Waals surface area contributed by atoms with Crippen molar-refractivity contribution in [3.05, 3.63) is 58.0 Å². The molecular formula is C23H28Cl2FN3O3. The van der Waals surface area contributed by atoms with Gasteiger partial charge in [0.15, 0.2) is 0 Å². The van der Waals surface area contributed by atoms with Crippen LogP contribution in [0.15, 0.2) is 41.6 Å². The lowest BCUT2D eigenvalue weighted by atomic mass is 10.1. The van der Waals surface area contributed by atoms with Gasteiger partial charge in [0, 0.05) is 43.2 Å². The summed E-state index contributed by atoms with van der Waals surface area (Å²) < 4.78 is 19.4. The van der Waals surface area contributed by atoms with Gasteiger partial charge in [-0.2, -0.15) is 0 Å². The first-order valence-corrected chi connectivity index (χ1v) is 11.1. The van der Waals surface area contributed by atoms with Crippen LogP contribution >= 0.6 is 23.2 Å². The van der Waals surface area contributed by atoms with Gasteiger partial charge in [0.05, 0.1) is 17.6 Å². The lowest BCUT2D eigenvalue weighted by Crippen LogP contribution is -2.44. The molecule has 174 valence electrons. The SMILES string of the molecule is C=C(/C=C/CC=NC1CCN(C(=O)CNC(C)=O)CC1)OC(C)c1c(Cl)ccc(F)c1Cl. The summed E-state index contributed by atoms with van der Waals surface area (Å²) in [6, 6.07) is 2.82. The van der Waals surface area contributed by atoms with Crippen molar-refractivity contribution < 1.29 is 18.7 Å². The van der Waals surface area contributed by atoms with Crippen molar-refractivity contribution in [3.63, 3.8) is 0 Å². The molecule has 1 saturated heterocycles. The van der Waals surface area contributed by atoms with Crippen molar-refractivity contribution in [2.45, 2.75) is 45.3 Å². The lowest BCUT2D eigenvalue weighted by Gasteiger charge is -2.30. The first-order valence-electron chi connectivity index (χ1n) is 10.4. The van der Waals surface area contributed by atoms with Crippen LogP contribution in [0.5, 0.6) is 0 Å². The molecular weight excluding hydrogens is 456 g/mol. The second-order valence-corrected chi connectivity index (χ2v) is 8.26. The highest BCUT2D eigenvalue weighted by Gasteiger charge is 2.22. The molecule has 9 heteroatoms. The van der Waals surface area contributed by atoms with Crippen molar-refractivity contribution in [3.8, 4) is 0 Å². The van der Waals surface area contributed by atoms with Gasteiger partial charge in [0.1, 0.15) is 17.7 Å². The van der Waals surface area contributed by atoms with E-state index < -0.39 is 11.9 Å². The number of allylic oxidation sites excluding steroid dienone is 2. The van der Waals surface area contributed by atoms with E-state index in [0.29, 0.717) is 35.9 Å². The Morgan fingerprint density at radius 1 is 1.38 bits per heavy atom. The number of ether oxygens (including phenoxy) is 1. The van der Waals surface area contributed by atoms with Crippen molar-refractivity contribution in [2.75, 3.05) is 19.6 Å². The summed E-state index contributed by atoms with van der Waals surface area (Å²) in [5.74, 6) is -0.441. The minimum Gasteiger partial charge on any atom is -0.487 e. The fourth-order valence-corrected chi connectivity index (χ4v) is 3.97. The third-order valence-electron chi connectivity index (χ3n) is 4.98. The number of piperidine rings is 1. The van der Waals surface area contributed by atoms with E-state index >= 15 is 0 Å². The van der Waals surface area contributed by atoms with Gasteiger partial charge in [-0.25, -0.2) is 4.39 Å². The van der Waals surface area contributed by atoms with Gasteiger partial charge in [0.2, 0.25) is 11.8 Å². The second-order valence-electron chi connectivity index (χ2n) is 7.47. The van der Waals surface area contributed by atoms with Crippen LogP contribution in [-0.2, 0) is 14.3 Å². The van der Waals surface area contributed by atoms with Crippen molar-refractivity contribution in [1.82, 2.24) is 10.2 Å². The number of amides is 2. The highest BCUT2D eigenvalue weighted by atomic mass is 35.5. The molecule has 1 fully saturated rings. The molecule has 0 radical (unpaired) electrons. The zero-order valence-electron chi connectivity index (χ0n) is 18.2. The summed E-state index contributed by atoms with van der Waals surface area (Å²) in [5.41, 5.74) is 0.381. The van der Waals surface area contributed by atoms with E-state index in [0.717, 1.165) is 12.8 Å². The number of likely N-dealkylation sites (tertiary alicyclic amines) is 1. The fourth-order valence-electron chi connectivity index (χ4n) is 3.29. The number of hydrogen-bond acceptors (Lipinski definition) is 4. The summed E-state index contributed by atoms with van der Waals surface area (Å²) in [4.78, 5) is 29.2. The Morgan fingerprint density at radius 3 is 2.72 bits per heavy atom. The number of rotatable bonds is 9. The molecule has 2 rings (SSSR count). The van der Waals surface area contributed by atoms with Crippen LogP contribution in [0.4, 0.5) is 4.39 Å². The lowest BCUT2D eigenvalue weighted by molar-refractivity contribution is -0.133. The third kappa shape index (κ3) is 7.95. The van der Waals surface area contributed by atoms with E-state index in [-0.39, 0.29) is 29.4 Å². The summed E-state index contributed by atoms with van der Waals surface area (Å²) in [7, 11) is 0. The van der Waals surface area contributed by atoms with Gasteiger partial charge in [-0.1, -0.05) is 35.9 Å². The largest absolute Gasteiger partial charge is 0.487 e. The first kappa shape index (κ1) is 25.9. The number of nitrogens with zero attached hydrogens (tertiary/aromatic N) is 2. The number of carbonyl (C=O) groups is 2. The molecule has 1 aliphatic rings. The summed E-state index contributed by atoms with van der Waals surface area (Å²) >= 11 is 12.1. The Labute approximate surface area is 198 Å².